The first kappa shape index (κ1) is 20.2. The number of anilines is 1. The van der Waals surface area contributed by atoms with Gasteiger partial charge in [-0.15, -0.1) is 0 Å². The molecule has 0 bridgehead atoms. The van der Waals surface area contributed by atoms with Gasteiger partial charge in [-0.3, -0.25) is 4.79 Å². The van der Waals surface area contributed by atoms with Gasteiger partial charge in [0.1, 0.15) is 5.75 Å². The van der Waals surface area contributed by atoms with Gasteiger partial charge in [-0.2, -0.15) is 0 Å². The van der Waals surface area contributed by atoms with Crippen molar-refractivity contribution in [3.8, 4) is 5.75 Å². The summed E-state index contributed by atoms with van der Waals surface area (Å²) in [6.45, 7) is 10.6. The molecule has 0 saturated carbocycles. The molecular weight excluding hydrogens is 348 g/mol. The van der Waals surface area contributed by atoms with Crippen molar-refractivity contribution in [1.82, 2.24) is 5.32 Å². The zero-order valence-electron chi connectivity index (χ0n) is 17.4. The molecule has 2 aromatic rings. The Bertz CT molecular complexity index is 768. The van der Waals surface area contributed by atoms with Crippen LogP contribution in [0.15, 0.2) is 48.5 Å². The molecule has 1 aliphatic heterocycles. The fourth-order valence-corrected chi connectivity index (χ4v) is 3.72. The van der Waals surface area contributed by atoms with Crippen LogP contribution in [0.25, 0.3) is 0 Å². The van der Waals surface area contributed by atoms with Crippen molar-refractivity contribution in [2.24, 2.45) is 5.92 Å². The van der Waals surface area contributed by atoms with Gasteiger partial charge in [0.25, 0.3) is 5.91 Å². The maximum absolute atomic E-state index is 12.6. The van der Waals surface area contributed by atoms with Gasteiger partial charge < -0.3 is 15.0 Å². The van der Waals surface area contributed by atoms with E-state index in [1.807, 2.05) is 32.9 Å². The van der Waals surface area contributed by atoms with E-state index in [-0.39, 0.29) is 18.1 Å². The molecule has 150 valence electrons. The van der Waals surface area contributed by atoms with E-state index < -0.39 is 0 Å². The highest BCUT2D eigenvalue weighted by atomic mass is 16.5. The molecule has 1 heterocycles. The molecule has 0 spiro atoms. The minimum atomic E-state index is -0.0717. The van der Waals surface area contributed by atoms with E-state index in [0.29, 0.717) is 5.56 Å². The predicted octanol–water partition coefficient (Wildman–Crippen LogP) is 5.20. The molecule has 1 saturated heterocycles. The number of hydrogen-bond acceptors (Lipinski definition) is 3. The highest BCUT2D eigenvalue weighted by Gasteiger charge is 2.17. The van der Waals surface area contributed by atoms with E-state index in [9.17, 15) is 4.79 Å². The average Bonchev–Trinajstić information content (AvgIpc) is 2.68. The topological polar surface area (TPSA) is 41.6 Å². The molecule has 0 unspecified atom stereocenters. The lowest BCUT2D eigenvalue weighted by Crippen LogP contribution is -2.34. The lowest BCUT2D eigenvalue weighted by atomic mass is 9.99. The number of ether oxygens (including phenoxy) is 1. The first-order valence-corrected chi connectivity index (χ1v) is 10.3. The second-order valence-electron chi connectivity index (χ2n) is 8.17. The van der Waals surface area contributed by atoms with Gasteiger partial charge in [-0.05, 0) is 81.5 Å². The molecule has 2 aromatic carbocycles. The maximum atomic E-state index is 12.6. The summed E-state index contributed by atoms with van der Waals surface area (Å²) in [6, 6.07) is 15.8. The first-order valence-electron chi connectivity index (χ1n) is 10.3. The molecule has 4 heteroatoms. The Morgan fingerprint density at radius 2 is 1.75 bits per heavy atom. The number of amides is 1. The number of benzene rings is 2. The Morgan fingerprint density at radius 1 is 1.07 bits per heavy atom. The highest BCUT2D eigenvalue weighted by Crippen LogP contribution is 2.25. The fourth-order valence-electron chi connectivity index (χ4n) is 3.72. The zero-order chi connectivity index (χ0) is 20.1. The summed E-state index contributed by atoms with van der Waals surface area (Å²) in [4.78, 5) is 15.0. The van der Waals surface area contributed by atoms with Crippen molar-refractivity contribution in [2.45, 2.75) is 52.7 Å². The summed E-state index contributed by atoms with van der Waals surface area (Å²) < 4.78 is 5.63. The van der Waals surface area contributed by atoms with Crippen LogP contribution in [-0.2, 0) is 0 Å². The van der Waals surface area contributed by atoms with Gasteiger partial charge in [0, 0.05) is 24.3 Å². The van der Waals surface area contributed by atoms with Crippen LogP contribution < -0.4 is 15.0 Å². The van der Waals surface area contributed by atoms with Crippen LogP contribution in [0.4, 0.5) is 5.69 Å². The number of hydrogen-bond donors (Lipinski definition) is 1. The SMILES string of the molecule is CC(C)Oc1ccc(C(=O)N[C@H](C)c2ccc(N3CCC[C@@H](C)C3)cc2)cc1. The largest absolute Gasteiger partial charge is 0.491 e. The molecule has 0 aliphatic carbocycles. The van der Waals surface area contributed by atoms with E-state index in [4.69, 9.17) is 4.74 Å². The van der Waals surface area contributed by atoms with E-state index in [1.54, 1.807) is 12.1 Å². The first-order chi connectivity index (χ1) is 13.4. The van der Waals surface area contributed by atoms with Crippen molar-refractivity contribution < 1.29 is 9.53 Å². The number of rotatable bonds is 6. The standard InChI is InChI=1S/C24H32N2O2/c1-17(2)28-23-13-9-21(10-14-23)24(27)25-19(4)20-7-11-22(12-8-20)26-15-5-6-18(3)16-26/h7-14,17-19H,5-6,15-16H2,1-4H3,(H,25,27)/t18-,19-/m1/s1. The van der Waals surface area contributed by atoms with E-state index in [0.717, 1.165) is 30.3 Å². The van der Waals surface area contributed by atoms with Gasteiger partial charge >= 0.3 is 0 Å². The number of piperidine rings is 1. The summed E-state index contributed by atoms with van der Waals surface area (Å²) in [5, 5.41) is 3.09. The van der Waals surface area contributed by atoms with Gasteiger partial charge in [-0.25, -0.2) is 0 Å². The summed E-state index contributed by atoms with van der Waals surface area (Å²) in [5.41, 5.74) is 3.03. The van der Waals surface area contributed by atoms with Crippen LogP contribution >= 0.6 is 0 Å². The molecule has 4 nitrogen and oxygen atoms in total. The van der Waals surface area contributed by atoms with E-state index >= 15 is 0 Å². The third-order valence-corrected chi connectivity index (χ3v) is 5.25. The molecule has 2 atom stereocenters. The van der Waals surface area contributed by atoms with Gasteiger partial charge in [-0.1, -0.05) is 19.1 Å². The maximum Gasteiger partial charge on any atom is 0.251 e. The number of carbonyl (C=O) groups excluding carboxylic acids is 1. The zero-order valence-corrected chi connectivity index (χ0v) is 17.4. The fraction of sp³-hybridized carbons (Fsp3) is 0.458. The highest BCUT2D eigenvalue weighted by molar-refractivity contribution is 5.94. The summed E-state index contributed by atoms with van der Waals surface area (Å²) in [5.74, 6) is 1.46. The third kappa shape index (κ3) is 5.28. The minimum absolute atomic E-state index is 0.0478. The molecule has 0 aromatic heterocycles. The minimum Gasteiger partial charge on any atom is -0.491 e. The van der Waals surface area contributed by atoms with E-state index in [2.05, 4.69) is 41.4 Å². The average molecular weight is 381 g/mol. The number of carbonyl (C=O) groups is 1. The number of nitrogens with zero attached hydrogens (tertiary/aromatic N) is 1. The summed E-state index contributed by atoms with van der Waals surface area (Å²) in [7, 11) is 0. The van der Waals surface area contributed by atoms with Gasteiger partial charge in [0.15, 0.2) is 0 Å². The third-order valence-electron chi connectivity index (χ3n) is 5.25. The number of nitrogens with one attached hydrogen (secondary N) is 1. The molecule has 1 aliphatic rings. The smallest absolute Gasteiger partial charge is 0.251 e. The van der Waals surface area contributed by atoms with Crippen molar-refractivity contribution in [1.29, 1.82) is 0 Å². The van der Waals surface area contributed by atoms with E-state index in [1.165, 1.54) is 18.5 Å². The molecule has 1 fully saturated rings. The van der Waals surface area contributed by atoms with Crippen molar-refractivity contribution >= 4 is 11.6 Å². The normalized spacial score (nSPS) is 18.0. The lowest BCUT2D eigenvalue weighted by Gasteiger charge is -2.33. The van der Waals surface area contributed by atoms with Crippen LogP contribution in [0, 0.1) is 5.92 Å². The predicted molar refractivity (Wildman–Crippen MR) is 115 cm³/mol. The Balaban J connectivity index is 1.59. The molecule has 1 amide bonds. The van der Waals surface area contributed by atoms with Crippen molar-refractivity contribution in [3.63, 3.8) is 0 Å². The Morgan fingerprint density at radius 3 is 2.36 bits per heavy atom. The quantitative estimate of drug-likeness (QED) is 0.749. The summed E-state index contributed by atoms with van der Waals surface area (Å²) in [6.07, 6.45) is 2.70. The summed E-state index contributed by atoms with van der Waals surface area (Å²) >= 11 is 0. The van der Waals surface area contributed by atoms with Crippen molar-refractivity contribution in [2.75, 3.05) is 18.0 Å². The second-order valence-corrected chi connectivity index (χ2v) is 8.17. The Labute approximate surface area is 168 Å². The van der Waals surface area contributed by atoms with Crippen LogP contribution in [0.2, 0.25) is 0 Å². The van der Waals surface area contributed by atoms with Crippen LogP contribution in [0.1, 0.15) is 62.5 Å². The van der Waals surface area contributed by atoms with Crippen LogP contribution in [0.3, 0.4) is 0 Å². The molecular formula is C24H32N2O2. The second kappa shape index (κ2) is 9.13. The van der Waals surface area contributed by atoms with Crippen LogP contribution in [0.5, 0.6) is 5.75 Å². The van der Waals surface area contributed by atoms with Crippen LogP contribution in [-0.4, -0.2) is 25.1 Å². The lowest BCUT2D eigenvalue weighted by molar-refractivity contribution is 0.0940. The van der Waals surface area contributed by atoms with Gasteiger partial charge in [0.2, 0.25) is 0 Å². The molecule has 1 N–H and O–H groups in total. The molecule has 28 heavy (non-hydrogen) atoms. The Hall–Kier alpha value is -2.49. The monoisotopic (exact) mass is 380 g/mol. The molecule has 3 rings (SSSR count). The Kier molecular flexibility index (Phi) is 6.61. The molecule has 0 radical (unpaired) electrons. The van der Waals surface area contributed by atoms with Gasteiger partial charge in [0.05, 0.1) is 12.1 Å². The van der Waals surface area contributed by atoms with Crippen molar-refractivity contribution in [3.05, 3.63) is 59.7 Å².